The van der Waals surface area contributed by atoms with E-state index in [1.54, 1.807) is 0 Å². The number of ketones is 1. The van der Waals surface area contributed by atoms with Gasteiger partial charge in [0, 0.05) is 24.8 Å². The second kappa shape index (κ2) is 6.20. The SMILES string of the molecule is [C-]#[N+]C1([N+]#[C-])CC2=C(COC(C)=O)C(=O)CC2=C(C)[C@@H]2C1=C[C@H]1CCC2C1. The van der Waals surface area contributed by atoms with Crippen LogP contribution in [0.2, 0.25) is 0 Å². The van der Waals surface area contributed by atoms with Crippen LogP contribution in [-0.4, -0.2) is 24.0 Å². The maximum Gasteiger partial charge on any atom is 0.510 e. The predicted molar refractivity (Wildman–Crippen MR) is 98.9 cm³/mol. The smallest absolute Gasteiger partial charge is 0.461 e. The van der Waals surface area contributed by atoms with E-state index < -0.39 is 11.6 Å². The number of carbonyl (C=O) groups is 2. The van der Waals surface area contributed by atoms with Gasteiger partial charge >= 0.3 is 11.6 Å². The lowest BCUT2D eigenvalue weighted by Crippen LogP contribution is -2.33. The van der Waals surface area contributed by atoms with Crippen LogP contribution >= 0.6 is 0 Å². The molecule has 27 heavy (non-hydrogen) atoms. The lowest BCUT2D eigenvalue weighted by molar-refractivity contribution is -0.140. The van der Waals surface area contributed by atoms with Crippen molar-refractivity contribution in [2.24, 2.45) is 17.8 Å². The van der Waals surface area contributed by atoms with Crippen molar-refractivity contribution in [3.63, 3.8) is 0 Å². The summed E-state index contributed by atoms with van der Waals surface area (Å²) in [5.74, 6) is 0.527. The van der Waals surface area contributed by atoms with Crippen molar-refractivity contribution in [3.05, 3.63) is 56.8 Å². The molecule has 0 aromatic heterocycles. The molecule has 0 heterocycles. The Morgan fingerprint density at radius 3 is 2.70 bits per heavy atom. The standard InChI is InChI=1S/C22H22N2O3/c1-12-16-9-20(26)18(11-27-13(2)25)17(16)10-22(23-3,24-4)19-8-14-5-6-15(7-14)21(12)19/h8,14-15,21H,5-7,9-11H2,1-2H3/t14-,15?,21-/m0/s1. The third kappa shape index (κ3) is 2.57. The molecule has 2 bridgehead atoms. The molecule has 5 heteroatoms. The Labute approximate surface area is 159 Å². The molecule has 0 radical (unpaired) electrons. The zero-order valence-electron chi connectivity index (χ0n) is 15.7. The van der Waals surface area contributed by atoms with Gasteiger partial charge in [-0.1, -0.05) is 11.6 Å². The van der Waals surface area contributed by atoms with Gasteiger partial charge in [0.2, 0.25) is 0 Å². The maximum atomic E-state index is 12.7. The van der Waals surface area contributed by atoms with E-state index in [2.05, 4.69) is 22.7 Å². The van der Waals surface area contributed by atoms with Gasteiger partial charge in [-0.25, -0.2) is 22.8 Å². The summed E-state index contributed by atoms with van der Waals surface area (Å²) >= 11 is 0. The highest BCUT2D eigenvalue weighted by Gasteiger charge is 2.59. The lowest BCUT2D eigenvalue weighted by atomic mass is 9.71. The first-order valence-corrected chi connectivity index (χ1v) is 9.48. The van der Waals surface area contributed by atoms with Gasteiger partial charge in [0.15, 0.2) is 5.78 Å². The van der Waals surface area contributed by atoms with Crippen molar-refractivity contribution >= 4 is 11.8 Å². The highest BCUT2D eigenvalue weighted by molar-refractivity contribution is 6.03. The molecule has 0 saturated heterocycles. The van der Waals surface area contributed by atoms with Gasteiger partial charge < -0.3 is 4.74 Å². The van der Waals surface area contributed by atoms with E-state index >= 15 is 0 Å². The van der Waals surface area contributed by atoms with Crippen molar-refractivity contribution in [1.29, 1.82) is 0 Å². The van der Waals surface area contributed by atoms with Crippen LogP contribution < -0.4 is 0 Å². The molecular weight excluding hydrogens is 340 g/mol. The van der Waals surface area contributed by atoms with Crippen LogP contribution in [-0.2, 0) is 14.3 Å². The van der Waals surface area contributed by atoms with Crippen molar-refractivity contribution in [1.82, 2.24) is 0 Å². The molecular formula is C22H22N2O3. The molecule has 0 aromatic carbocycles. The zero-order chi connectivity index (χ0) is 19.3. The Hall–Kier alpha value is -2.66. The third-order valence-electron chi connectivity index (χ3n) is 6.76. The second-order valence-electron chi connectivity index (χ2n) is 8.15. The molecule has 4 aliphatic rings. The van der Waals surface area contributed by atoms with E-state index in [0.717, 1.165) is 41.6 Å². The normalized spacial score (nSPS) is 30.7. The molecule has 1 saturated carbocycles. The summed E-state index contributed by atoms with van der Waals surface area (Å²) in [4.78, 5) is 31.6. The first-order chi connectivity index (χ1) is 12.9. The van der Waals surface area contributed by atoms with Crippen molar-refractivity contribution in [3.8, 4) is 0 Å². The van der Waals surface area contributed by atoms with Crippen LogP contribution in [0.15, 0.2) is 33.9 Å². The van der Waals surface area contributed by atoms with Gasteiger partial charge in [-0.3, -0.25) is 9.59 Å². The molecule has 0 N–H and O–H groups in total. The highest BCUT2D eigenvalue weighted by atomic mass is 16.5. The summed E-state index contributed by atoms with van der Waals surface area (Å²) in [7, 11) is 0. The molecule has 5 nitrogen and oxygen atoms in total. The number of hydrogen-bond donors (Lipinski definition) is 0. The van der Waals surface area contributed by atoms with E-state index in [1.807, 2.05) is 0 Å². The van der Waals surface area contributed by atoms with Crippen LogP contribution in [0.1, 0.15) is 46.0 Å². The Morgan fingerprint density at radius 1 is 1.30 bits per heavy atom. The lowest BCUT2D eigenvalue weighted by Gasteiger charge is -2.30. The number of rotatable bonds is 2. The Morgan fingerprint density at radius 2 is 2.04 bits per heavy atom. The quantitative estimate of drug-likeness (QED) is 0.423. The minimum Gasteiger partial charge on any atom is -0.461 e. The van der Waals surface area contributed by atoms with Gasteiger partial charge in [-0.05, 0) is 49.2 Å². The number of Topliss-reactive ketones (excluding diaryl/α,β-unsaturated/α-hetero) is 1. The number of ether oxygens (including phenoxy) is 1. The average molecular weight is 362 g/mol. The molecule has 0 aliphatic heterocycles. The van der Waals surface area contributed by atoms with Crippen LogP contribution in [0.5, 0.6) is 0 Å². The van der Waals surface area contributed by atoms with Crippen LogP contribution in [0.4, 0.5) is 0 Å². The summed E-state index contributed by atoms with van der Waals surface area (Å²) in [5, 5.41) is 0. The third-order valence-corrected chi connectivity index (χ3v) is 6.76. The molecule has 4 aliphatic carbocycles. The van der Waals surface area contributed by atoms with E-state index in [4.69, 9.17) is 17.9 Å². The molecule has 0 spiro atoms. The second-order valence-corrected chi connectivity index (χ2v) is 8.15. The summed E-state index contributed by atoms with van der Waals surface area (Å²) in [6.07, 6.45) is 6.06. The number of allylic oxidation sites excluding steroid dienone is 3. The van der Waals surface area contributed by atoms with Crippen LogP contribution in [0, 0.1) is 30.9 Å². The fraction of sp³-hybridized carbons (Fsp3) is 0.545. The molecule has 0 amide bonds. The summed E-state index contributed by atoms with van der Waals surface area (Å²) in [5.41, 5.74) is 3.05. The molecule has 4 rings (SSSR count). The molecule has 0 aromatic rings. The van der Waals surface area contributed by atoms with Gasteiger partial charge in [0.25, 0.3) is 0 Å². The summed E-state index contributed by atoms with van der Waals surface area (Å²) in [6.45, 7) is 19.1. The van der Waals surface area contributed by atoms with E-state index in [-0.39, 0.29) is 24.7 Å². The minimum atomic E-state index is -1.28. The topological polar surface area (TPSA) is 52.1 Å². The predicted octanol–water partition coefficient (Wildman–Crippen LogP) is 4.05. The number of carbonyl (C=O) groups excluding carboxylic acids is 2. The number of hydrogen-bond acceptors (Lipinski definition) is 3. The van der Waals surface area contributed by atoms with Crippen LogP contribution in [0.25, 0.3) is 9.69 Å². The van der Waals surface area contributed by atoms with Crippen LogP contribution in [0.3, 0.4) is 0 Å². The molecule has 138 valence electrons. The van der Waals surface area contributed by atoms with Gasteiger partial charge in [-0.15, -0.1) is 0 Å². The number of nitrogens with zero attached hydrogens (tertiary/aromatic N) is 2. The summed E-state index contributed by atoms with van der Waals surface area (Å²) < 4.78 is 5.11. The van der Waals surface area contributed by atoms with Gasteiger partial charge in [0.1, 0.15) is 18.6 Å². The fourth-order valence-electron chi connectivity index (χ4n) is 5.51. The van der Waals surface area contributed by atoms with Gasteiger partial charge in [0.05, 0.1) is 0 Å². The largest absolute Gasteiger partial charge is 0.510 e. The monoisotopic (exact) mass is 362 g/mol. The maximum absolute atomic E-state index is 12.7. The Bertz CT molecular complexity index is 908. The van der Waals surface area contributed by atoms with E-state index in [0.29, 0.717) is 23.8 Å². The Balaban J connectivity index is 1.91. The number of esters is 1. The first-order valence-electron chi connectivity index (χ1n) is 9.48. The van der Waals surface area contributed by atoms with Gasteiger partial charge in [-0.2, -0.15) is 0 Å². The van der Waals surface area contributed by atoms with Crippen molar-refractivity contribution in [2.45, 2.75) is 51.6 Å². The number of fused-ring (bicyclic) bond motifs is 5. The summed E-state index contributed by atoms with van der Waals surface area (Å²) in [6, 6.07) is 0. The average Bonchev–Trinajstić information content (AvgIpc) is 3.14. The van der Waals surface area contributed by atoms with Crippen molar-refractivity contribution < 1.29 is 14.3 Å². The zero-order valence-corrected chi connectivity index (χ0v) is 15.7. The van der Waals surface area contributed by atoms with E-state index in [9.17, 15) is 9.59 Å². The Kier molecular flexibility index (Phi) is 4.07. The first kappa shape index (κ1) is 17.7. The molecule has 1 fully saturated rings. The van der Waals surface area contributed by atoms with E-state index in [1.165, 1.54) is 6.92 Å². The minimum absolute atomic E-state index is 0.0444. The fourth-order valence-corrected chi connectivity index (χ4v) is 5.51. The van der Waals surface area contributed by atoms with Crippen molar-refractivity contribution in [2.75, 3.05) is 6.61 Å². The highest BCUT2D eigenvalue weighted by Crippen LogP contribution is 2.57. The molecule has 1 unspecified atom stereocenters. The molecule has 3 atom stereocenters.